The van der Waals surface area contributed by atoms with Crippen molar-refractivity contribution in [1.29, 1.82) is 0 Å². The molecule has 2 atom stereocenters. The Kier molecular flexibility index (Phi) is 6.23. The highest BCUT2D eigenvalue weighted by Crippen LogP contribution is 2.37. The highest BCUT2D eigenvalue weighted by molar-refractivity contribution is 5.94. The number of methoxy groups -OCH3 is 1. The van der Waals surface area contributed by atoms with E-state index in [-0.39, 0.29) is 17.7 Å². The number of likely N-dealkylation sites (tertiary alicyclic amines) is 2. The molecule has 2 fully saturated rings. The van der Waals surface area contributed by atoms with Crippen LogP contribution >= 0.6 is 0 Å². The van der Waals surface area contributed by atoms with Crippen LogP contribution in [0.2, 0.25) is 0 Å². The Hall–Kier alpha value is -2.54. The molecule has 4 nitrogen and oxygen atoms in total. The zero-order valence-corrected chi connectivity index (χ0v) is 17.6. The number of alkyl halides is 3. The molecule has 0 N–H and O–H groups in total. The summed E-state index contributed by atoms with van der Waals surface area (Å²) in [5.41, 5.74) is 0.583. The molecule has 1 amide bonds. The monoisotopic (exact) mass is 432 g/mol. The second kappa shape index (κ2) is 8.91. The van der Waals surface area contributed by atoms with Gasteiger partial charge in [0.15, 0.2) is 0 Å². The van der Waals surface area contributed by atoms with Gasteiger partial charge >= 0.3 is 6.18 Å². The Morgan fingerprint density at radius 3 is 2.42 bits per heavy atom. The first-order chi connectivity index (χ1) is 14.8. The van der Waals surface area contributed by atoms with Crippen molar-refractivity contribution < 1.29 is 22.7 Å². The van der Waals surface area contributed by atoms with Gasteiger partial charge in [0.25, 0.3) is 5.91 Å². The summed E-state index contributed by atoms with van der Waals surface area (Å²) in [6.07, 6.45) is -2.08. The molecule has 0 unspecified atom stereocenters. The number of carbonyl (C=O) groups excluding carboxylic acids is 1. The number of hydrogen-bond acceptors (Lipinski definition) is 3. The topological polar surface area (TPSA) is 32.8 Å². The van der Waals surface area contributed by atoms with Crippen molar-refractivity contribution in [3.8, 4) is 5.75 Å². The van der Waals surface area contributed by atoms with Crippen molar-refractivity contribution >= 4 is 5.91 Å². The fraction of sp³-hybridized carbons (Fsp3) is 0.458. The fourth-order valence-electron chi connectivity index (χ4n) is 4.76. The van der Waals surface area contributed by atoms with E-state index in [9.17, 15) is 18.0 Å². The highest BCUT2D eigenvalue weighted by atomic mass is 19.4. The third-order valence-corrected chi connectivity index (χ3v) is 6.40. The molecule has 0 saturated carbocycles. The number of benzene rings is 2. The van der Waals surface area contributed by atoms with Crippen LogP contribution < -0.4 is 4.74 Å². The molecule has 2 aliphatic heterocycles. The molecule has 31 heavy (non-hydrogen) atoms. The van der Waals surface area contributed by atoms with Crippen molar-refractivity contribution in [2.45, 2.75) is 24.9 Å². The van der Waals surface area contributed by atoms with E-state index in [0.29, 0.717) is 30.0 Å². The number of nitrogens with zero attached hydrogens (tertiary/aromatic N) is 2. The molecule has 7 heteroatoms. The van der Waals surface area contributed by atoms with Crippen LogP contribution in [0.15, 0.2) is 48.5 Å². The molecule has 0 spiro atoms. The van der Waals surface area contributed by atoms with Crippen LogP contribution in [0.1, 0.15) is 40.2 Å². The summed E-state index contributed by atoms with van der Waals surface area (Å²) in [6, 6.07) is 12.5. The molecule has 2 aliphatic rings. The van der Waals surface area contributed by atoms with Crippen LogP contribution in [0, 0.1) is 5.92 Å². The van der Waals surface area contributed by atoms with E-state index in [2.05, 4.69) is 4.90 Å². The number of amides is 1. The van der Waals surface area contributed by atoms with Crippen molar-refractivity contribution in [3.05, 3.63) is 65.2 Å². The van der Waals surface area contributed by atoms with Gasteiger partial charge in [0.05, 0.1) is 12.7 Å². The van der Waals surface area contributed by atoms with Crippen LogP contribution in [-0.4, -0.2) is 55.5 Å². The first-order valence-electron chi connectivity index (χ1n) is 10.7. The maximum atomic E-state index is 13.3. The minimum Gasteiger partial charge on any atom is -0.497 e. The molecule has 2 heterocycles. The van der Waals surface area contributed by atoms with E-state index in [0.717, 1.165) is 38.5 Å². The molecule has 4 rings (SSSR count). The van der Waals surface area contributed by atoms with Crippen LogP contribution in [0.25, 0.3) is 0 Å². The molecule has 2 aromatic carbocycles. The summed E-state index contributed by atoms with van der Waals surface area (Å²) in [6.45, 7) is 3.79. The molecular formula is C24H27F3N2O2. The van der Waals surface area contributed by atoms with Crippen LogP contribution in [-0.2, 0) is 6.18 Å². The zero-order chi connectivity index (χ0) is 22.0. The third kappa shape index (κ3) is 4.87. The fourth-order valence-corrected chi connectivity index (χ4v) is 4.76. The van der Waals surface area contributed by atoms with Gasteiger partial charge in [0.1, 0.15) is 5.75 Å². The largest absolute Gasteiger partial charge is 0.497 e. The van der Waals surface area contributed by atoms with Gasteiger partial charge in [-0.05, 0) is 67.7 Å². The smallest absolute Gasteiger partial charge is 0.416 e. The van der Waals surface area contributed by atoms with Gasteiger partial charge in [-0.1, -0.05) is 18.2 Å². The van der Waals surface area contributed by atoms with Crippen LogP contribution in [0.5, 0.6) is 5.75 Å². The van der Waals surface area contributed by atoms with Gasteiger partial charge in [-0.15, -0.1) is 0 Å². The van der Waals surface area contributed by atoms with Crippen molar-refractivity contribution in [3.63, 3.8) is 0 Å². The predicted molar refractivity (Wildman–Crippen MR) is 112 cm³/mol. The second-order valence-electron chi connectivity index (χ2n) is 8.44. The Balaban J connectivity index is 1.58. The quantitative estimate of drug-likeness (QED) is 0.689. The molecule has 0 bridgehead atoms. The second-order valence-corrected chi connectivity index (χ2v) is 8.44. The van der Waals surface area contributed by atoms with Crippen molar-refractivity contribution in [1.82, 2.24) is 9.80 Å². The lowest BCUT2D eigenvalue weighted by atomic mass is 9.87. The van der Waals surface area contributed by atoms with Gasteiger partial charge in [-0.25, -0.2) is 0 Å². The van der Waals surface area contributed by atoms with Crippen LogP contribution in [0.4, 0.5) is 13.2 Å². The van der Waals surface area contributed by atoms with Crippen molar-refractivity contribution in [2.24, 2.45) is 5.92 Å². The molecule has 166 valence electrons. The average Bonchev–Trinajstić information content (AvgIpc) is 3.43. The SMILES string of the molecule is COc1ccc(C(=O)N2C[C@H](CN3CCCC3)[C@@H](c3cccc(C(F)(F)F)c3)C2)cc1. The summed E-state index contributed by atoms with van der Waals surface area (Å²) < 4.78 is 45.0. The molecule has 2 aromatic rings. The van der Waals surface area contributed by atoms with Gasteiger partial charge in [-0.3, -0.25) is 4.79 Å². The summed E-state index contributed by atoms with van der Waals surface area (Å²) in [7, 11) is 1.57. The minimum atomic E-state index is -4.38. The first kappa shape index (κ1) is 21.7. The van der Waals surface area contributed by atoms with Crippen molar-refractivity contribution in [2.75, 3.05) is 39.8 Å². The number of halogens is 3. The minimum absolute atomic E-state index is 0.0939. The number of ether oxygens (including phenoxy) is 1. The van der Waals surface area contributed by atoms with E-state index in [1.807, 2.05) is 0 Å². The molecule has 0 radical (unpaired) electrons. The average molecular weight is 432 g/mol. The third-order valence-electron chi connectivity index (χ3n) is 6.40. The Labute approximate surface area is 180 Å². The lowest BCUT2D eigenvalue weighted by molar-refractivity contribution is -0.137. The molecule has 2 saturated heterocycles. The lowest BCUT2D eigenvalue weighted by Crippen LogP contribution is -2.32. The zero-order valence-electron chi connectivity index (χ0n) is 17.6. The highest BCUT2D eigenvalue weighted by Gasteiger charge is 2.39. The van der Waals surface area contributed by atoms with E-state index >= 15 is 0 Å². The Morgan fingerprint density at radius 1 is 1.06 bits per heavy atom. The summed E-state index contributed by atoms with van der Waals surface area (Å²) in [4.78, 5) is 17.3. The normalized spacial score (nSPS) is 22.1. The van der Waals surface area contributed by atoms with Crippen LogP contribution in [0.3, 0.4) is 0 Å². The predicted octanol–water partition coefficient (Wildman–Crippen LogP) is 4.67. The van der Waals surface area contributed by atoms with Gasteiger partial charge in [-0.2, -0.15) is 13.2 Å². The van der Waals surface area contributed by atoms with E-state index in [1.165, 1.54) is 12.1 Å². The maximum Gasteiger partial charge on any atom is 0.416 e. The molecule has 0 aliphatic carbocycles. The van der Waals surface area contributed by atoms with E-state index < -0.39 is 11.7 Å². The maximum absolute atomic E-state index is 13.3. The van der Waals surface area contributed by atoms with Gasteiger partial charge in [0.2, 0.25) is 0 Å². The Morgan fingerprint density at radius 2 is 1.77 bits per heavy atom. The van der Waals surface area contributed by atoms with E-state index in [1.54, 1.807) is 42.3 Å². The number of rotatable bonds is 5. The lowest BCUT2D eigenvalue weighted by Gasteiger charge is -2.24. The standard InChI is InChI=1S/C24H27F3N2O2/c1-31-21-9-7-17(8-10-21)23(30)29-15-19(14-28-11-2-3-12-28)22(16-29)18-5-4-6-20(13-18)24(25,26)27/h4-10,13,19,22H,2-3,11-12,14-16H2,1H3/t19-,22+/m0/s1. The first-order valence-corrected chi connectivity index (χ1v) is 10.7. The van der Waals surface area contributed by atoms with E-state index in [4.69, 9.17) is 4.74 Å². The molecular weight excluding hydrogens is 405 g/mol. The number of hydrogen-bond donors (Lipinski definition) is 0. The summed E-state index contributed by atoms with van der Waals surface area (Å²) >= 11 is 0. The Bertz CT molecular complexity index is 908. The summed E-state index contributed by atoms with van der Waals surface area (Å²) in [5, 5.41) is 0. The molecule has 0 aromatic heterocycles. The van der Waals surface area contributed by atoms with Gasteiger partial charge in [0, 0.05) is 31.1 Å². The summed E-state index contributed by atoms with van der Waals surface area (Å²) in [5.74, 6) is 0.559. The van der Waals surface area contributed by atoms with Gasteiger partial charge < -0.3 is 14.5 Å². The number of carbonyl (C=O) groups is 1.